The van der Waals surface area contributed by atoms with Gasteiger partial charge >= 0.3 is 0 Å². The highest BCUT2D eigenvalue weighted by Crippen LogP contribution is 2.15. The number of amides is 1. The maximum Gasteiger partial charge on any atom is 0.238 e. The molecule has 1 aromatic rings. The van der Waals surface area contributed by atoms with E-state index in [0.29, 0.717) is 24.9 Å². The van der Waals surface area contributed by atoms with Crippen LogP contribution < -0.4 is 11.1 Å². The van der Waals surface area contributed by atoms with E-state index in [9.17, 15) is 4.79 Å². The second-order valence-electron chi connectivity index (χ2n) is 5.31. The summed E-state index contributed by atoms with van der Waals surface area (Å²) in [6, 6.07) is 7.55. The van der Waals surface area contributed by atoms with Crippen LogP contribution in [0, 0.1) is 0 Å². The molecule has 0 bridgehead atoms. The molecule has 1 aliphatic heterocycles. The Balaban J connectivity index is 1.92. The molecule has 1 heterocycles. The molecule has 3 N–H and O–H groups in total. The van der Waals surface area contributed by atoms with Crippen molar-refractivity contribution in [3.63, 3.8) is 0 Å². The highest BCUT2D eigenvalue weighted by atomic mass is 16.5. The van der Waals surface area contributed by atoms with Gasteiger partial charge in [0.1, 0.15) is 0 Å². The molecule has 0 saturated carbocycles. The fourth-order valence-electron chi connectivity index (χ4n) is 2.48. The summed E-state index contributed by atoms with van der Waals surface area (Å²) < 4.78 is 5.64. The predicted octanol–water partition coefficient (Wildman–Crippen LogP) is 1.71. The van der Waals surface area contributed by atoms with Crippen LogP contribution in [0.5, 0.6) is 0 Å². The molecule has 1 aromatic carbocycles. The minimum Gasteiger partial charge on any atom is -0.399 e. The summed E-state index contributed by atoms with van der Waals surface area (Å²) >= 11 is 0. The Morgan fingerprint density at radius 2 is 2.35 bits per heavy atom. The second kappa shape index (κ2) is 6.72. The Kier molecular flexibility index (Phi) is 4.98. The maximum absolute atomic E-state index is 12.1. The highest BCUT2D eigenvalue weighted by molar-refractivity contribution is 5.92. The van der Waals surface area contributed by atoms with E-state index in [2.05, 4.69) is 17.1 Å². The lowest BCUT2D eigenvalue weighted by molar-refractivity contribution is -0.121. The monoisotopic (exact) mass is 277 g/mol. The van der Waals surface area contributed by atoms with Gasteiger partial charge in [-0.15, -0.1) is 0 Å². The quantitative estimate of drug-likeness (QED) is 0.822. The van der Waals surface area contributed by atoms with Crippen LogP contribution in [0.3, 0.4) is 0 Å². The molecule has 1 aliphatic rings. The molecule has 20 heavy (non-hydrogen) atoms. The number of ether oxygens (including phenoxy) is 1. The van der Waals surface area contributed by atoms with Gasteiger partial charge < -0.3 is 15.8 Å². The van der Waals surface area contributed by atoms with Crippen molar-refractivity contribution < 1.29 is 9.53 Å². The van der Waals surface area contributed by atoms with Crippen LogP contribution >= 0.6 is 0 Å². The summed E-state index contributed by atoms with van der Waals surface area (Å²) in [5.41, 5.74) is 7.09. The van der Waals surface area contributed by atoms with Gasteiger partial charge in [-0.3, -0.25) is 9.69 Å². The van der Waals surface area contributed by atoms with Gasteiger partial charge in [-0.1, -0.05) is 13.0 Å². The molecule has 5 nitrogen and oxygen atoms in total. The van der Waals surface area contributed by atoms with E-state index in [0.717, 1.165) is 18.7 Å². The lowest BCUT2D eigenvalue weighted by Gasteiger charge is -2.37. The lowest BCUT2D eigenvalue weighted by atomic mass is 10.1. The zero-order valence-electron chi connectivity index (χ0n) is 12.1. The Labute approximate surface area is 120 Å². The molecule has 0 aromatic heterocycles. The summed E-state index contributed by atoms with van der Waals surface area (Å²) in [7, 11) is 0. The number of nitrogens with two attached hydrogens (primary N) is 1. The summed E-state index contributed by atoms with van der Waals surface area (Å²) in [5.74, 6) is -0.0110. The Hall–Kier alpha value is -1.59. The summed E-state index contributed by atoms with van der Waals surface area (Å²) in [6.07, 6.45) is 1.16. The standard InChI is InChI=1S/C15H23N3O2/c1-3-14-10-20-11(2)8-18(14)9-15(19)17-13-6-4-5-12(16)7-13/h4-7,11,14H,3,8-10,16H2,1-2H3,(H,17,19). The van der Waals surface area contributed by atoms with Crippen LogP contribution in [0.15, 0.2) is 24.3 Å². The first-order valence-electron chi connectivity index (χ1n) is 7.09. The van der Waals surface area contributed by atoms with E-state index in [1.54, 1.807) is 12.1 Å². The molecular weight excluding hydrogens is 254 g/mol. The van der Waals surface area contributed by atoms with E-state index in [4.69, 9.17) is 10.5 Å². The lowest BCUT2D eigenvalue weighted by Crippen LogP contribution is -2.51. The molecule has 1 saturated heterocycles. The third-order valence-electron chi connectivity index (χ3n) is 3.57. The summed E-state index contributed by atoms with van der Waals surface area (Å²) in [6.45, 7) is 6.04. The molecule has 0 radical (unpaired) electrons. The Bertz CT molecular complexity index is 464. The average Bonchev–Trinajstić information content (AvgIpc) is 2.38. The topological polar surface area (TPSA) is 67.6 Å². The molecule has 2 atom stereocenters. The van der Waals surface area contributed by atoms with Crippen molar-refractivity contribution in [1.82, 2.24) is 4.90 Å². The third kappa shape index (κ3) is 3.95. The van der Waals surface area contributed by atoms with E-state index in [1.807, 2.05) is 19.1 Å². The van der Waals surface area contributed by atoms with Gasteiger partial charge in [0.25, 0.3) is 0 Å². The number of nitrogen functional groups attached to an aromatic ring is 1. The number of anilines is 2. The van der Waals surface area contributed by atoms with E-state index in [-0.39, 0.29) is 12.0 Å². The van der Waals surface area contributed by atoms with Gasteiger partial charge in [0.05, 0.1) is 19.3 Å². The van der Waals surface area contributed by atoms with Crippen molar-refractivity contribution in [3.8, 4) is 0 Å². The van der Waals surface area contributed by atoms with Crippen molar-refractivity contribution in [2.75, 3.05) is 30.7 Å². The smallest absolute Gasteiger partial charge is 0.238 e. The van der Waals surface area contributed by atoms with Crippen molar-refractivity contribution in [2.24, 2.45) is 0 Å². The first-order valence-corrected chi connectivity index (χ1v) is 7.09. The van der Waals surface area contributed by atoms with Gasteiger partial charge in [-0.05, 0) is 31.5 Å². The molecular formula is C15H23N3O2. The zero-order chi connectivity index (χ0) is 14.5. The molecule has 0 spiro atoms. The van der Waals surface area contributed by atoms with Crippen molar-refractivity contribution in [2.45, 2.75) is 32.4 Å². The third-order valence-corrected chi connectivity index (χ3v) is 3.57. The van der Waals surface area contributed by atoms with Crippen LogP contribution in [0.2, 0.25) is 0 Å². The number of carbonyl (C=O) groups is 1. The number of hydrogen-bond donors (Lipinski definition) is 2. The molecule has 1 fully saturated rings. The normalized spacial score (nSPS) is 23.5. The molecule has 2 rings (SSSR count). The SMILES string of the molecule is CCC1COC(C)CN1CC(=O)Nc1cccc(N)c1. The van der Waals surface area contributed by atoms with Crippen molar-refractivity contribution in [3.05, 3.63) is 24.3 Å². The molecule has 1 amide bonds. The van der Waals surface area contributed by atoms with Gasteiger partial charge in [0.15, 0.2) is 0 Å². The summed E-state index contributed by atoms with van der Waals surface area (Å²) in [5, 5.41) is 2.89. The number of nitrogens with zero attached hydrogens (tertiary/aromatic N) is 1. The summed E-state index contributed by atoms with van der Waals surface area (Å²) in [4.78, 5) is 14.3. The van der Waals surface area contributed by atoms with Crippen LogP contribution in [0.1, 0.15) is 20.3 Å². The van der Waals surface area contributed by atoms with Crippen molar-refractivity contribution >= 4 is 17.3 Å². The molecule has 0 aliphatic carbocycles. The van der Waals surface area contributed by atoms with E-state index >= 15 is 0 Å². The number of morpholine rings is 1. The fraction of sp³-hybridized carbons (Fsp3) is 0.533. The number of benzene rings is 1. The highest BCUT2D eigenvalue weighted by Gasteiger charge is 2.26. The number of rotatable bonds is 4. The fourth-order valence-corrected chi connectivity index (χ4v) is 2.48. The molecule has 110 valence electrons. The Morgan fingerprint density at radius 3 is 3.05 bits per heavy atom. The minimum atomic E-state index is -0.0110. The maximum atomic E-state index is 12.1. The Morgan fingerprint density at radius 1 is 1.55 bits per heavy atom. The van der Waals surface area contributed by atoms with Gasteiger partial charge in [-0.25, -0.2) is 0 Å². The first kappa shape index (κ1) is 14.8. The van der Waals surface area contributed by atoms with Gasteiger partial charge in [0, 0.05) is 24.0 Å². The second-order valence-corrected chi connectivity index (χ2v) is 5.31. The van der Waals surface area contributed by atoms with E-state index < -0.39 is 0 Å². The predicted molar refractivity (Wildman–Crippen MR) is 80.6 cm³/mol. The first-order chi connectivity index (χ1) is 9.58. The largest absolute Gasteiger partial charge is 0.399 e. The average molecular weight is 277 g/mol. The minimum absolute atomic E-state index is 0.0110. The number of hydrogen-bond acceptors (Lipinski definition) is 4. The molecule has 2 unspecified atom stereocenters. The van der Waals surface area contributed by atoms with Crippen LogP contribution in [-0.2, 0) is 9.53 Å². The number of nitrogens with one attached hydrogen (secondary N) is 1. The van der Waals surface area contributed by atoms with Crippen LogP contribution in [0.25, 0.3) is 0 Å². The van der Waals surface area contributed by atoms with E-state index in [1.165, 1.54) is 0 Å². The number of carbonyl (C=O) groups excluding carboxylic acids is 1. The van der Waals surface area contributed by atoms with Gasteiger partial charge in [0.2, 0.25) is 5.91 Å². The van der Waals surface area contributed by atoms with Crippen LogP contribution in [-0.4, -0.2) is 42.6 Å². The molecule has 5 heteroatoms. The van der Waals surface area contributed by atoms with Crippen molar-refractivity contribution in [1.29, 1.82) is 0 Å². The van der Waals surface area contributed by atoms with Gasteiger partial charge in [-0.2, -0.15) is 0 Å². The zero-order valence-corrected chi connectivity index (χ0v) is 12.1. The van der Waals surface area contributed by atoms with Crippen LogP contribution in [0.4, 0.5) is 11.4 Å².